The number of aromatic nitrogens is 1. The second-order valence-electron chi connectivity index (χ2n) is 3.27. The molecule has 0 atom stereocenters. The third-order valence-electron chi connectivity index (χ3n) is 2.08. The Balaban J connectivity index is 2.06. The van der Waals surface area contributed by atoms with Crippen molar-refractivity contribution in [2.45, 2.75) is 31.6 Å². The van der Waals surface area contributed by atoms with E-state index in [0.29, 0.717) is 0 Å². The van der Waals surface area contributed by atoms with E-state index in [1.807, 2.05) is 6.92 Å². The molecule has 0 aromatic carbocycles. The van der Waals surface area contributed by atoms with Gasteiger partial charge in [0.2, 0.25) is 5.92 Å². The SMILES string of the molecule is Cc1cnc(C2CC(F)(F)C2)s1. The minimum Gasteiger partial charge on any atom is -0.249 e. The van der Waals surface area contributed by atoms with Crippen molar-refractivity contribution >= 4 is 11.3 Å². The maximum absolute atomic E-state index is 12.5. The molecule has 0 aliphatic heterocycles. The van der Waals surface area contributed by atoms with Gasteiger partial charge in [-0.2, -0.15) is 0 Å². The fourth-order valence-electron chi connectivity index (χ4n) is 1.40. The number of nitrogens with zero attached hydrogens (tertiary/aromatic N) is 1. The molecule has 1 heterocycles. The Hall–Kier alpha value is -0.510. The van der Waals surface area contributed by atoms with Gasteiger partial charge >= 0.3 is 0 Å². The van der Waals surface area contributed by atoms with Crippen LogP contribution in [0.15, 0.2) is 6.20 Å². The summed E-state index contributed by atoms with van der Waals surface area (Å²) in [5, 5.41) is 0.874. The highest BCUT2D eigenvalue weighted by molar-refractivity contribution is 7.11. The highest BCUT2D eigenvalue weighted by Gasteiger charge is 2.46. The summed E-state index contributed by atoms with van der Waals surface area (Å²) in [7, 11) is 0. The van der Waals surface area contributed by atoms with Gasteiger partial charge in [-0.05, 0) is 6.92 Å². The van der Waals surface area contributed by atoms with E-state index in [-0.39, 0.29) is 18.8 Å². The molecule has 1 aromatic heterocycles. The van der Waals surface area contributed by atoms with Gasteiger partial charge < -0.3 is 0 Å². The number of aryl methyl sites for hydroxylation is 1. The predicted molar refractivity (Wildman–Crippen MR) is 43.8 cm³/mol. The Morgan fingerprint density at radius 2 is 2.25 bits per heavy atom. The topological polar surface area (TPSA) is 12.9 Å². The predicted octanol–water partition coefficient (Wildman–Crippen LogP) is 2.96. The molecule has 0 unspecified atom stereocenters. The van der Waals surface area contributed by atoms with Crippen molar-refractivity contribution in [3.05, 3.63) is 16.1 Å². The van der Waals surface area contributed by atoms with Gasteiger partial charge in [-0.3, -0.25) is 0 Å². The first-order valence-electron chi connectivity index (χ1n) is 3.87. The third kappa shape index (κ3) is 1.35. The third-order valence-corrected chi connectivity index (χ3v) is 3.15. The van der Waals surface area contributed by atoms with Crippen LogP contribution in [0.1, 0.15) is 28.6 Å². The molecule has 1 fully saturated rings. The molecule has 0 amide bonds. The van der Waals surface area contributed by atoms with Gasteiger partial charge in [-0.1, -0.05) is 0 Å². The van der Waals surface area contributed by atoms with Crippen LogP contribution in [0.4, 0.5) is 8.78 Å². The zero-order valence-electron chi connectivity index (χ0n) is 6.68. The Morgan fingerprint density at radius 3 is 2.67 bits per heavy atom. The molecule has 12 heavy (non-hydrogen) atoms. The normalized spacial score (nSPS) is 22.2. The molecule has 4 heteroatoms. The molecule has 1 saturated carbocycles. The molecule has 66 valence electrons. The number of thiazole rings is 1. The second-order valence-corrected chi connectivity index (χ2v) is 4.54. The molecule has 1 aromatic rings. The molecule has 2 rings (SSSR count). The summed E-state index contributed by atoms with van der Waals surface area (Å²) in [4.78, 5) is 5.19. The van der Waals surface area contributed by atoms with E-state index >= 15 is 0 Å². The van der Waals surface area contributed by atoms with Gasteiger partial charge in [0.25, 0.3) is 0 Å². The molecule has 0 radical (unpaired) electrons. The summed E-state index contributed by atoms with van der Waals surface area (Å²) < 4.78 is 24.9. The standard InChI is InChI=1S/C8H9F2NS/c1-5-4-11-7(12-5)6-2-8(9,10)3-6/h4,6H,2-3H2,1H3. The van der Waals surface area contributed by atoms with Crippen molar-refractivity contribution in [2.24, 2.45) is 0 Å². The fraction of sp³-hybridized carbons (Fsp3) is 0.625. The quantitative estimate of drug-likeness (QED) is 0.661. The zero-order chi connectivity index (χ0) is 8.77. The first-order valence-corrected chi connectivity index (χ1v) is 4.69. The molecule has 1 aliphatic carbocycles. The number of halogens is 2. The Kier molecular flexibility index (Phi) is 1.68. The number of hydrogen-bond acceptors (Lipinski definition) is 2. The van der Waals surface area contributed by atoms with E-state index < -0.39 is 5.92 Å². The highest BCUT2D eigenvalue weighted by atomic mass is 32.1. The monoisotopic (exact) mass is 189 g/mol. The molecule has 0 bridgehead atoms. The van der Waals surface area contributed by atoms with Crippen molar-refractivity contribution in [3.8, 4) is 0 Å². The van der Waals surface area contributed by atoms with E-state index in [1.165, 1.54) is 11.3 Å². The van der Waals surface area contributed by atoms with Crippen molar-refractivity contribution < 1.29 is 8.78 Å². The Bertz CT molecular complexity index is 287. The van der Waals surface area contributed by atoms with Crippen molar-refractivity contribution in [2.75, 3.05) is 0 Å². The molecule has 1 aliphatic rings. The van der Waals surface area contributed by atoms with Crippen LogP contribution < -0.4 is 0 Å². The average Bonchev–Trinajstić information content (AvgIpc) is 2.30. The van der Waals surface area contributed by atoms with E-state index in [4.69, 9.17) is 0 Å². The average molecular weight is 189 g/mol. The molecular weight excluding hydrogens is 180 g/mol. The van der Waals surface area contributed by atoms with Crippen LogP contribution >= 0.6 is 11.3 Å². The summed E-state index contributed by atoms with van der Waals surface area (Å²) in [5.41, 5.74) is 0. The van der Waals surface area contributed by atoms with Crippen LogP contribution in [-0.2, 0) is 0 Å². The first-order chi connectivity index (χ1) is 5.57. The Morgan fingerprint density at radius 1 is 1.58 bits per heavy atom. The first kappa shape index (κ1) is 8.10. The van der Waals surface area contributed by atoms with Crippen LogP contribution in [0, 0.1) is 6.92 Å². The van der Waals surface area contributed by atoms with Gasteiger partial charge in [0.1, 0.15) is 0 Å². The van der Waals surface area contributed by atoms with Gasteiger partial charge in [0.05, 0.1) is 5.01 Å². The molecule has 0 saturated heterocycles. The number of hydrogen-bond donors (Lipinski definition) is 0. The number of alkyl halides is 2. The van der Waals surface area contributed by atoms with Gasteiger partial charge in [0, 0.05) is 29.8 Å². The van der Waals surface area contributed by atoms with Crippen molar-refractivity contribution in [3.63, 3.8) is 0 Å². The summed E-state index contributed by atoms with van der Waals surface area (Å²) in [6.07, 6.45) is 1.72. The van der Waals surface area contributed by atoms with Crippen molar-refractivity contribution in [1.82, 2.24) is 4.98 Å². The van der Waals surface area contributed by atoms with E-state index in [2.05, 4.69) is 4.98 Å². The van der Waals surface area contributed by atoms with Gasteiger partial charge in [-0.15, -0.1) is 11.3 Å². The number of rotatable bonds is 1. The smallest absolute Gasteiger partial charge is 0.249 e. The lowest BCUT2D eigenvalue weighted by Gasteiger charge is -2.33. The zero-order valence-corrected chi connectivity index (χ0v) is 7.50. The van der Waals surface area contributed by atoms with E-state index in [0.717, 1.165) is 9.88 Å². The van der Waals surface area contributed by atoms with Crippen LogP contribution in [0.25, 0.3) is 0 Å². The lowest BCUT2D eigenvalue weighted by atomic mass is 9.82. The van der Waals surface area contributed by atoms with Crippen LogP contribution in [-0.4, -0.2) is 10.9 Å². The van der Waals surface area contributed by atoms with Crippen LogP contribution in [0.2, 0.25) is 0 Å². The summed E-state index contributed by atoms with van der Waals surface area (Å²) in [5.74, 6) is -2.41. The van der Waals surface area contributed by atoms with Crippen LogP contribution in [0.3, 0.4) is 0 Å². The fourth-order valence-corrected chi connectivity index (χ4v) is 2.27. The van der Waals surface area contributed by atoms with Crippen LogP contribution in [0.5, 0.6) is 0 Å². The summed E-state index contributed by atoms with van der Waals surface area (Å²) in [6.45, 7) is 1.94. The summed E-state index contributed by atoms with van der Waals surface area (Å²) in [6, 6.07) is 0. The maximum atomic E-state index is 12.5. The molecular formula is C8H9F2NS. The molecule has 0 spiro atoms. The van der Waals surface area contributed by atoms with Gasteiger partial charge in [0.15, 0.2) is 0 Å². The molecule has 0 N–H and O–H groups in total. The molecule has 1 nitrogen and oxygen atoms in total. The van der Waals surface area contributed by atoms with Gasteiger partial charge in [-0.25, -0.2) is 13.8 Å². The summed E-state index contributed by atoms with van der Waals surface area (Å²) >= 11 is 1.53. The second kappa shape index (κ2) is 2.49. The minimum absolute atomic E-state index is 0.0127. The highest BCUT2D eigenvalue weighted by Crippen LogP contribution is 2.48. The Labute approximate surface area is 73.4 Å². The van der Waals surface area contributed by atoms with E-state index in [9.17, 15) is 8.78 Å². The van der Waals surface area contributed by atoms with E-state index in [1.54, 1.807) is 6.20 Å². The largest absolute Gasteiger partial charge is 0.249 e. The van der Waals surface area contributed by atoms with Crippen molar-refractivity contribution in [1.29, 1.82) is 0 Å². The maximum Gasteiger partial charge on any atom is 0.249 e. The lowest BCUT2D eigenvalue weighted by molar-refractivity contribution is -0.0867. The minimum atomic E-state index is -2.43. The lowest BCUT2D eigenvalue weighted by Crippen LogP contribution is -2.33.